The van der Waals surface area contributed by atoms with Gasteiger partial charge in [-0.2, -0.15) is 0 Å². The number of hydrogen-bond acceptors (Lipinski definition) is 4. The van der Waals surface area contributed by atoms with E-state index in [0.717, 1.165) is 0 Å². The number of carbonyl (C=O) groups is 3. The summed E-state index contributed by atoms with van der Waals surface area (Å²) in [6, 6.07) is 3.28. The highest BCUT2D eigenvalue weighted by Crippen LogP contribution is 2.18. The van der Waals surface area contributed by atoms with E-state index in [1.54, 1.807) is 6.07 Å². The third-order valence-electron chi connectivity index (χ3n) is 3.93. The van der Waals surface area contributed by atoms with Crippen molar-refractivity contribution in [1.29, 1.82) is 0 Å². The number of carboxylic acids is 1. The number of β-amino-alcohol motifs (C(OH)–C–C–N with tert-alkyl or cyclic N) is 1. The maximum atomic E-state index is 13.2. The number of nitrogens with zero attached hydrogens (tertiary/aromatic N) is 1. The van der Waals surface area contributed by atoms with Crippen LogP contribution >= 0.6 is 0 Å². The molecule has 7 nitrogen and oxygen atoms in total. The maximum absolute atomic E-state index is 13.2. The van der Waals surface area contributed by atoms with Crippen LogP contribution in [-0.4, -0.2) is 57.6 Å². The summed E-state index contributed by atoms with van der Waals surface area (Å²) in [5, 5.41) is 21.3. The van der Waals surface area contributed by atoms with E-state index in [4.69, 9.17) is 0 Å². The van der Waals surface area contributed by atoms with Crippen molar-refractivity contribution < 1.29 is 29.0 Å². The van der Waals surface area contributed by atoms with Crippen LogP contribution in [-0.2, 0) is 20.8 Å². The van der Waals surface area contributed by atoms with Gasteiger partial charge >= 0.3 is 5.97 Å². The molecule has 0 unspecified atom stereocenters. The second-order valence-corrected chi connectivity index (χ2v) is 5.81. The van der Waals surface area contributed by atoms with Crippen LogP contribution in [0.2, 0.25) is 0 Å². The molecule has 2 amide bonds. The van der Waals surface area contributed by atoms with Gasteiger partial charge in [-0.1, -0.05) is 12.1 Å². The topological polar surface area (TPSA) is 107 Å². The molecule has 3 N–H and O–H groups in total. The Hall–Kier alpha value is -2.48. The van der Waals surface area contributed by atoms with E-state index in [0.29, 0.717) is 5.56 Å². The molecule has 1 aromatic carbocycles. The molecule has 0 spiro atoms. The fourth-order valence-corrected chi connectivity index (χ4v) is 2.78. The Labute approximate surface area is 138 Å². The Bertz CT molecular complexity index is 651. The minimum Gasteiger partial charge on any atom is -0.480 e. The lowest BCUT2D eigenvalue weighted by Crippen LogP contribution is -2.51. The fourth-order valence-electron chi connectivity index (χ4n) is 2.78. The minimum absolute atomic E-state index is 0.0368. The van der Waals surface area contributed by atoms with E-state index in [1.807, 2.05) is 0 Å². The number of hydrogen-bond donors (Lipinski definition) is 3. The number of aliphatic hydroxyl groups is 1. The molecule has 130 valence electrons. The molecule has 0 saturated carbocycles. The van der Waals surface area contributed by atoms with Gasteiger partial charge < -0.3 is 20.4 Å². The largest absolute Gasteiger partial charge is 0.480 e. The average molecular weight is 338 g/mol. The molecule has 1 aromatic rings. The van der Waals surface area contributed by atoms with Crippen LogP contribution in [0.1, 0.15) is 18.9 Å². The van der Waals surface area contributed by atoms with Gasteiger partial charge in [0.2, 0.25) is 11.8 Å². The Morgan fingerprint density at radius 3 is 2.71 bits per heavy atom. The fraction of sp³-hybridized carbons (Fsp3) is 0.438. The van der Waals surface area contributed by atoms with Crippen molar-refractivity contribution in [3.8, 4) is 0 Å². The van der Waals surface area contributed by atoms with Gasteiger partial charge in [-0.25, -0.2) is 9.18 Å². The van der Waals surface area contributed by atoms with E-state index in [2.05, 4.69) is 5.32 Å². The monoisotopic (exact) mass is 338 g/mol. The number of halogens is 1. The number of rotatable bonds is 5. The van der Waals surface area contributed by atoms with Crippen molar-refractivity contribution in [2.45, 2.75) is 38.0 Å². The maximum Gasteiger partial charge on any atom is 0.326 e. The molecule has 1 heterocycles. The predicted molar refractivity (Wildman–Crippen MR) is 81.5 cm³/mol. The van der Waals surface area contributed by atoms with Crippen LogP contribution < -0.4 is 5.32 Å². The highest BCUT2D eigenvalue weighted by atomic mass is 19.1. The summed E-state index contributed by atoms with van der Waals surface area (Å²) >= 11 is 0. The minimum atomic E-state index is -1.26. The van der Waals surface area contributed by atoms with Gasteiger partial charge in [0.15, 0.2) is 0 Å². The zero-order valence-corrected chi connectivity index (χ0v) is 13.1. The summed E-state index contributed by atoms with van der Waals surface area (Å²) < 4.78 is 13.2. The quantitative estimate of drug-likeness (QED) is 0.696. The number of aliphatic hydroxyl groups excluding tert-OH is 1. The van der Waals surface area contributed by atoms with Crippen molar-refractivity contribution in [1.82, 2.24) is 10.2 Å². The number of nitrogens with one attached hydrogen (secondary N) is 1. The number of aliphatic carboxylic acids is 1. The molecule has 0 bridgehead atoms. The van der Waals surface area contributed by atoms with Gasteiger partial charge in [-0.05, 0) is 17.7 Å². The van der Waals surface area contributed by atoms with Crippen LogP contribution in [0.25, 0.3) is 0 Å². The Kier molecular flexibility index (Phi) is 5.50. The molecule has 0 aromatic heterocycles. The zero-order chi connectivity index (χ0) is 17.9. The van der Waals surface area contributed by atoms with Crippen LogP contribution in [0.5, 0.6) is 0 Å². The molecule has 1 aliphatic heterocycles. The lowest BCUT2D eigenvalue weighted by Gasteiger charge is -2.24. The van der Waals surface area contributed by atoms with Crippen LogP contribution in [0, 0.1) is 5.82 Å². The normalized spacial score (nSPS) is 21.4. The number of carboxylic acid groups (broad SMARTS) is 1. The van der Waals surface area contributed by atoms with E-state index in [9.17, 15) is 29.0 Å². The first-order valence-corrected chi connectivity index (χ1v) is 7.51. The molecule has 3 atom stereocenters. The lowest BCUT2D eigenvalue weighted by molar-refractivity contribution is -0.143. The van der Waals surface area contributed by atoms with Gasteiger partial charge in [0, 0.05) is 26.3 Å². The molecule has 0 aliphatic carbocycles. The van der Waals surface area contributed by atoms with Crippen molar-refractivity contribution in [3.05, 3.63) is 35.6 Å². The van der Waals surface area contributed by atoms with Crippen LogP contribution in [0.3, 0.4) is 0 Å². The molecule has 2 rings (SSSR count). The highest BCUT2D eigenvalue weighted by Gasteiger charge is 2.38. The molecule has 1 fully saturated rings. The average Bonchev–Trinajstić information content (AvgIpc) is 2.89. The standard InChI is InChI=1S/C16H19FN2O5/c1-9(20)19-8-12(21)7-14(19)15(22)18-13(16(23)24)6-10-3-2-4-11(17)5-10/h2-5,12-14,21H,6-8H2,1H3,(H,18,22)(H,23,24)/t12-,13-,14+/m1/s1. The molecule has 1 aliphatic rings. The Morgan fingerprint density at radius 1 is 1.42 bits per heavy atom. The van der Waals surface area contributed by atoms with E-state index >= 15 is 0 Å². The Morgan fingerprint density at radius 2 is 2.12 bits per heavy atom. The molecular weight excluding hydrogens is 319 g/mol. The van der Waals surface area contributed by atoms with Gasteiger partial charge in [0.25, 0.3) is 0 Å². The molecule has 24 heavy (non-hydrogen) atoms. The van der Waals surface area contributed by atoms with E-state index in [-0.39, 0.29) is 25.3 Å². The van der Waals surface area contributed by atoms with E-state index in [1.165, 1.54) is 30.0 Å². The molecule has 8 heteroatoms. The third kappa shape index (κ3) is 4.29. The lowest BCUT2D eigenvalue weighted by atomic mass is 10.0. The molecule has 1 saturated heterocycles. The third-order valence-corrected chi connectivity index (χ3v) is 3.93. The van der Waals surface area contributed by atoms with Gasteiger partial charge in [0.05, 0.1) is 6.10 Å². The SMILES string of the molecule is CC(=O)N1C[C@H](O)C[C@H]1C(=O)N[C@H](Cc1cccc(F)c1)C(=O)O. The van der Waals surface area contributed by atoms with Crippen molar-refractivity contribution in [2.24, 2.45) is 0 Å². The molecular formula is C16H19FN2O5. The highest BCUT2D eigenvalue weighted by molar-refractivity contribution is 5.90. The number of carbonyl (C=O) groups excluding carboxylic acids is 2. The van der Waals surface area contributed by atoms with Gasteiger partial charge in [0.1, 0.15) is 17.9 Å². The number of benzene rings is 1. The predicted octanol–water partition coefficient (Wildman–Crippen LogP) is -0.0807. The summed E-state index contributed by atoms with van der Waals surface area (Å²) in [7, 11) is 0. The molecule has 0 radical (unpaired) electrons. The zero-order valence-electron chi connectivity index (χ0n) is 13.1. The summed E-state index contributed by atoms with van der Waals surface area (Å²) in [5.74, 6) is -2.78. The van der Waals surface area contributed by atoms with Crippen LogP contribution in [0.4, 0.5) is 4.39 Å². The Balaban J connectivity index is 2.08. The smallest absolute Gasteiger partial charge is 0.326 e. The summed E-state index contributed by atoms with van der Waals surface area (Å²) in [6.07, 6.45) is -0.859. The van der Waals surface area contributed by atoms with E-state index < -0.39 is 35.9 Å². The van der Waals surface area contributed by atoms with Crippen molar-refractivity contribution in [2.75, 3.05) is 6.54 Å². The first-order chi connectivity index (χ1) is 11.3. The first-order valence-electron chi connectivity index (χ1n) is 7.51. The number of amides is 2. The van der Waals surface area contributed by atoms with Crippen LogP contribution in [0.15, 0.2) is 24.3 Å². The van der Waals surface area contributed by atoms with Gasteiger partial charge in [-0.15, -0.1) is 0 Å². The number of likely N-dealkylation sites (tertiary alicyclic amines) is 1. The van der Waals surface area contributed by atoms with Crippen molar-refractivity contribution in [3.63, 3.8) is 0 Å². The summed E-state index contributed by atoms with van der Waals surface area (Å²) in [6.45, 7) is 1.31. The second kappa shape index (κ2) is 7.39. The summed E-state index contributed by atoms with van der Waals surface area (Å²) in [4.78, 5) is 36.4. The first kappa shape index (κ1) is 17.9. The summed E-state index contributed by atoms with van der Waals surface area (Å²) in [5.41, 5.74) is 0.428. The van der Waals surface area contributed by atoms with Crippen molar-refractivity contribution >= 4 is 17.8 Å². The van der Waals surface area contributed by atoms with Gasteiger partial charge in [-0.3, -0.25) is 9.59 Å². The second-order valence-electron chi connectivity index (χ2n) is 5.81.